The zero-order valence-electron chi connectivity index (χ0n) is 17.2. The molecule has 1 atom stereocenters. The molecule has 158 valence electrons. The third-order valence-electron chi connectivity index (χ3n) is 4.65. The van der Waals surface area contributed by atoms with E-state index < -0.39 is 0 Å². The number of amides is 2. The molecular weight excluding hydrogens is 387 g/mol. The van der Waals surface area contributed by atoms with Crippen LogP contribution in [0.4, 0.5) is 9.18 Å². The number of nitrogens with zero attached hydrogens (tertiary/aromatic N) is 2. The smallest absolute Gasteiger partial charge is 0.315 e. The first-order chi connectivity index (χ1) is 14.5. The molecule has 3 aromatic rings. The molecule has 8 heteroatoms. The number of methoxy groups -OCH3 is 1. The molecule has 0 aliphatic rings. The Morgan fingerprint density at radius 1 is 1.13 bits per heavy atom. The normalized spacial score (nSPS) is 11.6. The highest BCUT2D eigenvalue weighted by Crippen LogP contribution is 2.20. The topological polar surface area (TPSA) is 77.4 Å². The number of hydrogen-bond donors (Lipinski definition) is 2. The van der Waals surface area contributed by atoms with Crippen molar-refractivity contribution >= 4 is 6.03 Å². The van der Waals surface area contributed by atoms with Gasteiger partial charge in [-0.2, -0.15) is 5.10 Å². The molecule has 2 amide bonds. The van der Waals surface area contributed by atoms with Gasteiger partial charge in [0, 0.05) is 11.3 Å². The summed E-state index contributed by atoms with van der Waals surface area (Å²) < 4.78 is 25.5. The molecule has 1 aromatic heterocycles. The van der Waals surface area contributed by atoms with Crippen molar-refractivity contribution in [2.75, 3.05) is 20.3 Å². The molecule has 2 aromatic carbocycles. The van der Waals surface area contributed by atoms with Gasteiger partial charge in [-0.05, 0) is 62.4 Å². The molecule has 0 bridgehead atoms. The van der Waals surface area contributed by atoms with Crippen LogP contribution in [0.25, 0.3) is 5.69 Å². The van der Waals surface area contributed by atoms with Crippen LogP contribution < -0.4 is 20.1 Å². The van der Waals surface area contributed by atoms with Crippen molar-refractivity contribution in [3.05, 3.63) is 71.8 Å². The number of rotatable bonds is 8. The summed E-state index contributed by atoms with van der Waals surface area (Å²) in [6.45, 7) is 4.49. The first-order valence-corrected chi connectivity index (χ1v) is 9.59. The van der Waals surface area contributed by atoms with Crippen LogP contribution >= 0.6 is 0 Å². The lowest BCUT2D eigenvalue weighted by atomic mass is 10.1. The second-order valence-electron chi connectivity index (χ2n) is 6.72. The van der Waals surface area contributed by atoms with Crippen LogP contribution in [-0.4, -0.2) is 36.1 Å². The van der Waals surface area contributed by atoms with E-state index in [1.807, 2.05) is 38.1 Å². The van der Waals surface area contributed by atoms with Gasteiger partial charge < -0.3 is 20.1 Å². The molecule has 0 radical (unpaired) electrons. The highest BCUT2D eigenvalue weighted by atomic mass is 19.1. The number of hydrogen-bond acceptors (Lipinski definition) is 4. The van der Waals surface area contributed by atoms with Crippen molar-refractivity contribution in [3.8, 4) is 17.2 Å². The molecular formula is C22H25FN4O3. The third-order valence-corrected chi connectivity index (χ3v) is 4.65. The van der Waals surface area contributed by atoms with Gasteiger partial charge in [-0.25, -0.2) is 13.9 Å². The largest absolute Gasteiger partial charge is 0.497 e. The van der Waals surface area contributed by atoms with Crippen LogP contribution in [0.5, 0.6) is 11.5 Å². The summed E-state index contributed by atoms with van der Waals surface area (Å²) in [7, 11) is 1.61. The van der Waals surface area contributed by atoms with E-state index in [-0.39, 0.29) is 17.9 Å². The minimum absolute atomic E-state index is 0.248. The number of ether oxygens (including phenoxy) is 2. The second-order valence-corrected chi connectivity index (χ2v) is 6.72. The predicted octanol–water partition coefficient (Wildman–Crippen LogP) is 3.77. The minimum Gasteiger partial charge on any atom is -0.497 e. The van der Waals surface area contributed by atoms with Crippen molar-refractivity contribution in [1.29, 1.82) is 0 Å². The number of carbonyl (C=O) groups excluding carboxylic acids is 1. The summed E-state index contributed by atoms with van der Waals surface area (Å²) in [4.78, 5) is 12.2. The van der Waals surface area contributed by atoms with E-state index in [0.29, 0.717) is 18.9 Å². The Kier molecular flexibility index (Phi) is 6.90. The summed E-state index contributed by atoms with van der Waals surface area (Å²) in [5.41, 5.74) is 2.51. The van der Waals surface area contributed by atoms with Gasteiger partial charge in [0.2, 0.25) is 0 Å². The summed E-state index contributed by atoms with van der Waals surface area (Å²) in [6.07, 6.45) is 1.70. The Balaban J connectivity index is 1.47. The lowest BCUT2D eigenvalue weighted by Crippen LogP contribution is -2.39. The molecule has 1 unspecified atom stereocenters. The SMILES string of the molecule is COc1ccc(OCCNC(=O)NC(C)c2cnn(-c3ccc(F)cc3)c2C)cc1. The Bertz CT molecular complexity index is 971. The monoisotopic (exact) mass is 412 g/mol. The third kappa shape index (κ3) is 5.28. The van der Waals surface area contributed by atoms with Crippen LogP contribution in [0.1, 0.15) is 24.2 Å². The average Bonchev–Trinajstić information content (AvgIpc) is 3.13. The lowest BCUT2D eigenvalue weighted by molar-refractivity contribution is 0.233. The summed E-state index contributed by atoms with van der Waals surface area (Å²) in [6, 6.07) is 12.8. The van der Waals surface area contributed by atoms with E-state index in [1.165, 1.54) is 12.1 Å². The maximum absolute atomic E-state index is 13.1. The van der Waals surface area contributed by atoms with Gasteiger partial charge in [0.05, 0.1) is 31.6 Å². The Hall–Kier alpha value is -3.55. The van der Waals surface area contributed by atoms with Gasteiger partial charge in [-0.3, -0.25) is 0 Å². The van der Waals surface area contributed by atoms with Crippen molar-refractivity contribution in [2.45, 2.75) is 19.9 Å². The van der Waals surface area contributed by atoms with Crippen molar-refractivity contribution in [2.24, 2.45) is 0 Å². The van der Waals surface area contributed by atoms with E-state index in [0.717, 1.165) is 22.7 Å². The second kappa shape index (κ2) is 9.78. The summed E-state index contributed by atoms with van der Waals surface area (Å²) >= 11 is 0. The van der Waals surface area contributed by atoms with Crippen LogP contribution in [-0.2, 0) is 0 Å². The van der Waals surface area contributed by atoms with Crippen molar-refractivity contribution in [1.82, 2.24) is 20.4 Å². The van der Waals surface area contributed by atoms with Gasteiger partial charge in [0.25, 0.3) is 0 Å². The van der Waals surface area contributed by atoms with Gasteiger partial charge in [0.15, 0.2) is 0 Å². The Labute approximate surface area is 174 Å². The first-order valence-electron chi connectivity index (χ1n) is 9.59. The van der Waals surface area contributed by atoms with E-state index in [9.17, 15) is 9.18 Å². The molecule has 7 nitrogen and oxygen atoms in total. The van der Waals surface area contributed by atoms with Gasteiger partial charge in [0.1, 0.15) is 23.9 Å². The average molecular weight is 412 g/mol. The Morgan fingerprint density at radius 2 is 1.80 bits per heavy atom. The van der Waals surface area contributed by atoms with Crippen molar-refractivity contribution < 1.29 is 18.7 Å². The molecule has 0 saturated heterocycles. The highest BCUT2D eigenvalue weighted by molar-refractivity contribution is 5.74. The lowest BCUT2D eigenvalue weighted by Gasteiger charge is -2.15. The fourth-order valence-electron chi connectivity index (χ4n) is 3.02. The highest BCUT2D eigenvalue weighted by Gasteiger charge is 2.16. The number of nitrogens with one attached hydrogen (secondary N) is 2. The quantitative estimate of drug-likeness (QED) is 0.552. The van der Waals surface area contributed by atoms with Crippen LogP contribution in [0, 0.1) is 12.7 Å². The molecule has 2 N–H and O–H groups in total. The predicted molar refractivity (Wildman–Crippen MR) is 112 cm³/mol. The molecule has 30 heavy (non-hydrogen) atoms. The number of carbonyl (C=O) groups is 1. The first kappa shape index (κ1) is 21.2. The van der Waals surface area contributed by atoms with Gasteiger partial charge >= 0.3 is 6.03 Å². The van der Waals surface area contributed by atoms with Gasteiger partial charge in [-0.1, -0.05) is 0 Å². The molecule has 0 fully saturated rings. The zero-order valence-corrected chi connectivity index (χ0v) is 17.2. The van der Waals surface area contributed by atoms with Crippen LogP contribution in [0.2, 0.25) is 0 Å². The van der Waals surface area contributed by atoms with E-state index in [2.05, 4.69) is 15.7 Å². The molecule has 0 saturated carbocycles. The number of benzene rings is 2. The van der Waals surface area contributed by atoms with E-state index in [1.54, 1.807) is 30.1 Å². The standard InChI is InChI=1S/C22H25FN4O3/c1-15(21-14-25-27(16(21)2)18-6-4-17(23)5-7-18)26-22(28)24-12-13-30-20-10-8-19(29-3)9-11-20/h4-11,14-15H,12-13H2,1-3H3,(H2,24,26,28). The van der Waals surface area contributed by atoms with E-state index >= 15 is 0 Å². The maximum Gasteiger partial charge on any atom is 0.315 e. The minimum atomic E-state index is -0.300. The summed E-state index contributed by atoms with van der Waals surface area (Å²) in [5.74, 6) is 1.16. The number of aromatic nitrogens is 2. The molecule has 0 aliphatic heterocycles. The maximum atomic E-state index is 13.1. The van der Waals surface area contributed by atoms with Crippen LogP contribution in [0.15, 0.2) is 54.7 Å². The Morgan fingerprint density at radius 3 is 2.47 bits per heavy atom. The molecule has 3 rings (SSSR count). The van der Waals surface area contributed by atoms with Crippen LogP contribution in [0.3, 0.4) is 0 Å². The number of urea groups is 1. The van der Waals surface area contributed by atoms with Gasteiger partial charge in [-0.15, -0.1) is 0 Å². The number of halogens is 1. The fourth-order valence-corrected chi connectivity index (χ4v) is 3.02. The molecule has 1 heterocycles. The fraction of sp³-hybridized carbons (Fsp3) is 0.273. The molecule has 0 spiro atoms. The van der Waals surface area contributed by atoms with E-state index in [4.69, 9.17) is 9.47 Å². The van der Waals surface area contributed by atoms with Crippen molar-refractivity contribution in [3.63, 3.8) is 0 Å². The molecule has 0 aliphatic carbocycles. The summed E-state index contributed by atoms with van der Waals surface area (Å²) in [5, 5.41) is 10.0. The zero-order chi connectivity index (χ0) is 21.5.